The summed E-state index contributed by atoms with van der Waals surface area (Å²) in [5.41, 5.74) is 6.22. The number of nitrogens with one attached hydrogen (secondary N) is 1. The van der Waals surface area contributed by atoms with E-state index in [1.807, 2.05) is 6.92 Å². The molecule has 0 unspecified atom stereocenters. The van der Waals surface area contributed by atoms with Crippen molar-refractivity contribution in [2.75, 3.05) is 18.9 Å². The quantitative estimate of drug-likeness (QED) is 0.630. The van der Waals surface area contributed by atoms with E-state index in [0.717, 1.165) is 0 Å². The molecule has 0 spiro atoms. The first-order chi connectivity index (χ1) is 8.65. The largest absolute Gasteiger partial charge is 0.493 e. The molecule has 1 aromatic rings. The second kappa shape index (κ2) is 7.55. The minimum absolute atomic E-state index is 0.0406. The third kappa shape index (κ3) is 5.05. The van der Waals surface area contributed by atoms with E-state index in [-0.39, 0.29) is 25.0 Å². The number of nitrogen functional groups attached to an aromatic ring is 1. The van der Waals surface area contributed by atoms with Crippen LogP contribution in [0.5, 0.6) is 5.75 Å². The Morgan fingerprint density at radius 3 is 2.67 bits per heavy atom. The third-order valence-electron chi connectivity index (χ3n) is 2.56. The van der Waals surface area contributed by atoms with Gasteiger partial charge < -0.3 is 20.9 Å². The lowest BCUT2D eigenvalue weighted by molar-refractivity contribution is -0.122. The Labute approximate surface area is 107 Å². The molecule has 0 aliphatic carbocycles. The van der Waals surface area contributed by atoms with Gasteiger partial charge in [-0.05, 0) is 30.7 Å². The van der Waals surface area contributed by atoms with E-state index < -0.39 is 0 Å². The Bertz CT molecular complexity index is 361. The number of aliphatic hydroxyl groups excluding tert-OH is 1. The van der Waals surface area contributed by atoms with Crippen LogP contribution in [0, 0.1) is 0 Å². The maximum absolute atomic E-state index is 11.5. The van der Waals surface area contributed by atoms with Gasteiger partial charge in [0, 0.05) is 5.69 Å². The number of amides is 1. The van der Waals surface area contributed by atoms with Gasteiger partial charge in [-0.2, -0.15) is 0 Å². The minimum atomic E-state index is -0.172. The Morgan fingerprint density at radius 2 is 2.11 bits per heavy atom. The average molecular weight is 252 g/mol. The highest BCUT2D eigenvalue weighted by molar-refractivity contribution is 5.76. The lowest BCUT2D eigenvalue weighted by atomic mass is 10.2. The van der Waals surface area contributed by atoms with Crippen LogP contribution < -0.4 is 15.8 Å². The molecule has 0 bridgehead atoms. The van der Waals surface area contributed by atoms with Crippen LogP contribution in [0.15, 0.2) is 24.3 Å². The van der Waals surface area contributed by atoms with Crippen molar-refractivity contribution in [2.24, 2.45) is 0 Å². The van der Waals surface area contributed by atoms with Gasteiger partial charge in [0.2, 0.25) is 5.91 Å². The summed E-state index contributed by atoms with van der Waals surface area (Å²) in [5.74, 6) is 0.567. The van der Waals surface area contributed by atoms with E-state index in [9.17, 15) is 4.79 Å². The van der Waals surface area contributed by atoms with Crippen LogP contribution in [0.1, 0.15) is 19.8 Å². The van der Waals surface area contributed by atoms with Crippen molar-refractivity contribution in [3.63, 3.8) is 0 Å². The maximum Gasteiger partial charge on any atom is 0.223 e. The SMILES string of the molecule is CC[C@H](CO)NC(=O)CCOc1ccc(N)cc1. The van der Waals surface area contributed by atoms with E-state index in [0.29, 0.717) is 24.5 Å². The zero-order valence-electron chi connectivity index (χ0n) is 10.6. The van der Waals surface area contributed by atoms with Crippen molar-refractivity contribution in [2.45, 2.75) is 25.8 Å². The summed E-state index contributed by atoms with van der Waals surface area (Å²) in [5, 5.41) is 11.7. The number of carbonyl (C=O) groups is 1. The first-order valence-electron chi connectivity index (χ1n) is 6.04. The molecule has 0 saturated heterocycles. The molecular formula is C13H20N2O3. The van der Waals surface area contributed by atoms with Crippen molar-refractivity contribution in [3.05, 3.63) is 24.3 Å². The zero-order valence-corrected chi connectivity index (χ0v) is 10.6. The molecule has 1 amide bonds. The normalized spacial score (nSPS) is 11.9. The number of ether oxygens (including phenoxy) is 1. The summed E-state index contributed by atoms with van der Waals surface area (Å²) in [6.45, 7) is 2.17. The molecule has 0 aliphatic heterocycles. The van der Waals surface area contributed by atoms with E-state index in [1.165, 1.54) is 0 Å². The highest BCUT2D eigenvalue weighted by Crippen LogP contribution is 2.13. The summed E-state index contributed by atoms with van der Waals surface area (Å²) in [6.07, 6.45) is 0.974. The molecule has 0 radical (unpaired) electrons. The Hall–Kier alpha value is -1.75. The topological polar surface area (TPSA) is 84.6 Å². The number of hydrogen-bond acceptors (Lipinski definition) is 4. The predicted molar refractivity (Wildman–Crippen MR) is 70.3 cm³/mol. The Morgan fingerprint density at radius 1 is 1.44 bits per heavy atom. The molecule has 1 atom stereocenters. The summed E-state index contributed by atoms with van der Waals surface area (Å²) in [7, 11) is 0. The van der Waals surface area contributed by atoms with Gasteiger partial charge in [-0.3, -0.25) is 4.79 Å². The van der Waals surface area contributed by atoms with Gasteiger partial charge in [-0.15, -0.1) is 0 Å². The maximum atomic E-state index is 11.5. The van der Waals surface area contributed by atoms with Crippen molar-refractivity contribution in [1.29, 1.82) is 0 Å². The van der Waals surface area contributed by atoms with Gasteiger partial charge in [0.15, 0.2) is 0 Å². The van der Waals surface area contributed by atoms with E-state index in [4.69, 9.17) is 15.6 Å². The van der Waals surface area contributed by atoms with Crippen LogP contribution in [0.3, 0.4) is 0 Å². The summed E-state index contributed by atoms with van der Waals surface area (Å²) < 4.78 is 5.40. The second-order valence-electron chi connectivity index (χ2n) is 4.02. The number of rotatable bonds is 7. The highest BCUT2D eigenvalue weighted by atomic mass is 16.5. The number of carbonyl (C=O) groups excluding carboxylic acids is 1. The van der Waals surface area contributed by atoms with Crippen LogP contribution in [-0.4, -0.2) is 30.3 Å². The molecule has 0 heterocycles. The highest BCUT2D eigenvalue weighted by Gasteiger charge is 2.08. The summed E-state index contributed by atoms with van der Waals surface area (Å²) >= 11 is 0. The first kappa shape index (κ1) is 14.3. The molecule has 4 N–H and O–H groups in total. The number of benzene rings is 1. The van der Waals surface area contributed by atoms with Crippen molar-refractivity contribution >= 4 is 11.6 Å². The van der Waals surface area contributed by atoms with E-state index in [1.54, 1.807) is 24.3 Å². The van der Waals surface area contributed by atoms with Gasteiger partial charge in [-0.1, -0.05) is 6.92 Å². The smallest absolute Gasteiger partial charge is 0.223 e. The minimum Gasteiger partial charge on any atom is -0.493 e. The summed E-state index contributed by atoms with van der Waals surface area (Å²) in [4.78, 5) is 11.5. The lowest BCUT2D eigenvalue weighted by Crippen LogP contribution is -2.37. The molecule has 5 nitrogen and oxygen atoms in total. The molecule has 5 heteroatoms. The van der Waals surface area contributed by atoms with Crippen LogP contribution in [0.2, 0.25) is 0 Å². The standard InChI is InChI=1S/C13H20N2O3/c1-2-11(9-16)15-13(17)7-8-18-12-5-3-10(14)4-6-12/h3-6,11,16H,2,7-9,14H2,1H3,(H,15,17)/t11-/m1/s1. The molecule has 0 aromatic heterocycles. The van der Waals surface area contributed by atoms with Crippen molar-refractivity contribution in [1.82, 2.24) is 5.32 Å². The fourth-order valence-corrected chi connectivity index (χ4v) is 1.40. The molecule has 1 aromatic carbocycles. The third-order valence-corrected chi connectivity index (χ3v) is 2.56. The van der Waals surface area contributed by atoms with Gasteiger partial charge in [0.05, 0.1) is 25.7 Å². The van der Waals surface area contributed by atoms with Crippen LogP contribution in [-0.2, 0) is 4.79 Å². The van der Waals surface area contributed by atoms with Crippen molar-refractivity contribution < 1.29 is 14.6 Å². The monoisotopic (exact) mass is 252 g/mol. The fraction of sp³-hybridized carbons (Fsp3) is 0.462. The number of aliphatic hydroxyl groups is 1. The van der Waals surface area contributed by atoms with Crippen LogP contribution in [0.4, 0.5) is 5.69 Å². The van der Waals surface area contributed by atoms with Crippen LogP contribution in [0.25, 0.3) is 0 Å². The second-order valence-corrected chi connectivity index (χ2v) is 4.02. The van der Waals surface area contributed by atoms with Gasteiger partial charge in [-0.25, -0.2) is 0 Å². The lowest BCUT2D eigenvalue weighted by Gasteiger charge is -2.14. The molecule has 18 heavy (non-hydrogen) atoms. The first-order valence-corrected chi connectivity index (χ1v) is 6.04. The van der Waals surface area contributed by atoms with Gasteiger partial charge in [0.25, 0.3) is 0 Å². The van der Waals surface area contributed by atoms with Gasteiger partial charge in [0.1, 0.15) is 5.75 Å². The summed E-state index contributed by atoms with van der Waals surface area (Å²) in [6, 6.07) is 6.84. The number of hydrogen-bond donors (Lipinski definition) is 3. The molecule has 0 saturated carbocycles. The molecule has 0 fully saturated rings. The van der Waals surface area contributed by atoms with Crippen molar-refractivity contribution in [3.8, 4) is 5.75 Å². The zero-order chi connectivity index (χ0) is 13.4. The Balaban J connectivity index is 2.25. The fourth-order valence-electron chi connectivity index (χ4n) is 1.40. The number of anilines is 1. The van der Waals surface area contributed by atoms with Gasteiger partial charge >= 0.3 is 0 Å². The molecule has 0 aliphatic rings. The molecular weight excluding hydrogens is 232 g/mol. The Kier molecular flexibility index (Phi) is 6.00. The van der Waals surface area contributed by atoms with E-state index >= 15 is 0 Å². The average Bonchev–Trinajstić information content (AvgIpc) is 2.38. The van der Waals surface area contributed by atoms with Crippen LogP contribution >= 0.6 is 0 Å². The molecule has 100 valence electrons. The molecule has 1 rings (SSSR count). The van der Waals surface area contributed by atoms with E-state index in [2.05, 4.69) is 5.32 Å². The predicted octanol–water partition coefficient (Wildman–Crippen LogP) is 0.925. The number of nitrogens with two attached hydrogens (primary N) is 1.